The summed E-state index contributed by atoms with van der Waals surface area (Å²) < 4.78 is 76.8. The maximum atomic E-state index is 15.4. The average molecular weight is 775 g/mol. The summed E-state index contributed by atoms with van der Waals surface area (Å²) in [6.07, 6.45) is 3.02. The fourth-order valence-corrected chi connectivity index (χ4v) is 7.57. The number of fused-ring (bicyclic) bond motifs is 1. The number of aromatic nitrogens is 3. The normalized spacial score (nSPS) is 13.0. The predicted molar refractivity (Wildman–Crippen MR) is 195 cm³/mol. The maximum Gasteiger partial charge on any atom is 0.328 e. The Bertz CT molecular complexity index is 2330. The van der Waals surface area contributed by atoms with E-state index in [0.717, 1.165) is 23.8 Å². The van der Waals surface area contributed by atoms with Crippen molar-refractivity contribution in [2.24, 2.45) is 0 Å². The van der Waals surface area contributed by atoms with Crippen LogP contribution in [0.5, 0.6) is 11.5 Å². The Hall–Kier alpha value is -6.36. The third kappa shape index (κ3) is 7.96. The molecule has 1 aromatic heterocycles. The van der Waals surface area contributed by atoms with Crippen LogP contribution in [0.2, 0.25) is 0 Å². The van der Waals surface area contributed by atoms with E-state index in [-0.39, 0.29) is 23.8 Å². The van der Waals surface area contributed by atoms with Gasteiger partial charge >= 0.3 is 5.97 Å². The molecule has 0 spiro atoms. The van der Waals surface area contributed by atoms with Crippen LogP contribution in [0.3, 0.4) is 0 Å². The molecular formula is C38H36F2N6O8S. The third-order valence-corrected chi connectivity index (χ3v) is 10.6. The monoisotopic (exact) mass is 774 g/mol. The highest BCUT2D eigenvalue weighted by atomic mass is 32.2. The molecule has 2 heterocycles. The molecule has 2 amide bonds. The first-order valence-electron chi connectivity index (χ1n) is 16.8. The van der Waals surface area contributed by atoms with Crippen molar-refractivity contribution in [1.29, 1.82) is 0 Å². The molecule has 55 heavy (non-hydrogen) atoms. The van der Waals surface area contributed by atoms with Gasteiger partial charge in [-0.25, -0.2) is 31.7 Å². The fourth-order valence-electron chi connectivity index (χ4n) is 6.53. The number of hydrogen-bond acceptors (Lipinski definition) is 10. The number of anilines is 1. The zero-order chi connectivity index (χ0) is 39.4. The Labute approximate surface area is 315 Å². The van der Waals surface area contributed by atoms with E-state index in [1.54, 1.807) is 35.2 Å². The molecule has 0 radical (unpaired) electrons. The van der Waals surface area contributed by atoms with Crippen LogP contribution in [0, 0.1) is 11.6 Å². The summed E-state index contributed by atoms with van der Waals surface area (Å²) in [5.74, 6) is -3.96. The van der Waals surface area contributed by atoms with Crippen molar-refractivity contribution in [1.82, 2.24) is 25.0 Å². The molecule has 5 aromatic rings. The number of amides is 2. The van der Waals surface area contributed by atoms with Crippen LogP contribution in [0.25, 0.3) is 16.8 Å². The Kier molecular flexibility index (Phi) is 11.1. The number of esters is 1. The standard InChI is InChI=1S/C38H36F2N6O8S/c1-22(47)45-15-14-27-23(8-13-28(29(27)19-45)35-33(52-2)6-5-7-34(35)53-3)16-32(38(49)54-4)43-37(48)36-30(39)17-24(18-31(36)40)44-55(50,51)26-11-9-25(10-12-26)46-21-41-20-42-46/h5-13,17-18,20-21,32,44H,14-16,19H2,1-4H3,(H,43,48). The fraction of sp³-hybridized carbons (Fsp3) is 0.237. The maximum absolute atomic E-state index is 15.4. The van der Waals surface area contributed by atoms with Gasteiger partial charge in [0.2, 0.25) is 5.91 Å². The van der Waals surface area contributed by atoms with Gasteiger partial charge in [-0.15, -0.1) is 0 Å². The first-order chi connectivity index (χ1) is 26.3. The zero-order valence-corrected chi connectivity index (χ0v) is 30.9. The van der Waals surface area contributed by atoms with Crippen LogP contribution in [0.4, 0.5) is 14.5 Å². The van der Waals surface area contributed by atoms with Gasteiger partial charge in [-0.05, 0) is 77.2 Å². The quantitative estimate of drug-likeness (QED) is 0.173. The van der Waals surface area contributed by atoms with E-state index in [0.29, 0.717) is 53.4 Å². The zero-order valence-electron chi connectivity index (χ0n) is 30.1. The molecule has 4 aromatic carbocycles. The van der Waals surface area contributed by atoms with Crippen molar-refractivity contribution in [3.63, 3.8) is 0 Å². The van der Waals surface area contributed by atoms with E-state index in [9.17, 15) is 22.8 Å². The average Bonchev–Trinajstić information content (AvgIpc) is 3.72. The number of nitrogens with zero attached hydrogens (tertiary/aromatic N) is 4. The molecule has 6 rings (SSSR count). The number of ether oxygens (including phenoxy) is 3. The van der Waals surface area contributed by atoms with Gasteiger partial charge in [0.25, 0.3) is 15.9 Å². The van der Waals surface area contributed by atoms with E-state index in [4.69, 9.17) is 14.2 Å². The number of rotatable bonds is 12. The highest BCUT2D eigenvalue weighted by Crippen LogP contribution is 2.43. The van der Waals surface area contributed by atoms with Crippen LogP contribution in [-0.2, 0) is 43.7 Å². The van der Waals surface area contributed by atoms with Crippen molar-refractivity contribution in [2.75, 3.05) is 32.6 Å². The summed E-state index contributed by atoms with van der Waals surface area (Å²) >= 11 is 0. The third-order valence-electron chi connectivity index (χ3n) is 9.22. The second-order valence-electron chi connectivity index (χ2n) is 12.5. The molecule has 1 unspecified atom stereocenters. The second-order valence-corrected chi connectivity index (χ2v) is 14.1. The highest BCUT2D eigenvalue weighted by molar-refractivity contribution is 7.92. The molecule has 14 nitrogen and oxygen atoms in total. The Morgan fingerprint density at radius 3 is 2.18 bits per heavy atom. The Morgan fingerprint density at radius 1 is 0.927 bits per heavy atom. The predicted octanol–water partition coefficient (Wildman–Crippen LogP) is 4.45. The van der Waals surface area contributed by atoms with Gasteiger partial charge in [0.1, 0.15) is 47.4 Å². The molecule has 0 bridgehead atoms. The van der Waals surface area contributed by atoms with Crippen molar-refractivity contribution in [2.45, 2.75) is 37.2 Å². The van der Waals surface area contributed by atoms with E-state index in [1.165, 1.54) is 62.7 Å². The van der Waals surface area contributed by atoms with Crippen LogP contribution >= 0.6 is 0 Å². The van der Waals surface area contributed by atoms with Crippen molar-refractivity contribution in [3.05, 3.63) is 113 Å². The molecule has 0 saturated heterocycles. The number of benzene rings is 4. The summed E-state index contributed by atoms with van der Waals surface area (Å²) in [7, 11) is -0.127. The van der Waals surface area contributed by atoms with Gasteiger partial charge < -0.3 is 24.4 Å². The molecule has 1 aliphatic heterocycles. The lowest BCUT2D eigenvalue weighted by atomic mass is 9.85. The largest absolute Gasteiger partial charge is 0.496 e. The summed E-state index contributed by atoms with van der Waals surface area (Å²) in [6.45, 7) is 2.10. The van der Waals surface area contributed by atoms with Gasteiger partial charge in [-0.2, -0.15) is 5.10 Å². The minimum atomic E-state index is -4.30. The van der Waals surface area contributed by atoms with Gasteiger partial charge in [-0.3, -0.25) is 14.3 Å². The van der Waals surface area contributed by atoms with Crippen molar-refractivity contribution in [3.8, 4) is 28.3 Å². The lowest BCUT2D eigenvalue weighted by Gasteiger charge is -2.32. The number of carbonyl (C=O) groups excluding carboxylic acids is 3. The van der Waals surface area contributed by atoms with E-state index in [2.05, 4.69) is 20.1 Å². The number of nitrogens with one attached hydrogen (secondary N) is 2. The molecule has 1 atom stereocenters. The van der Waals surface area contributed by atoms with Gasteiger partial charge in [0, 0.05) is 26.4 Å². The molecule has 286 valence electrons. The first kappa shape index (κ1) is 38.4. The molecule has 17 heteroatoms. The summed E-state index contributed by atoms with van der Waals surface area (Å²) in [5.41, 5.74) is 2.63. The van der Waals surface area contributed by atoms with Gasteiger partial charge in [0.15, 0.2) is 0 Å². The highest BCUT2D eigenvalue weighted by Gasteiger charge is 2.31. The molecule has 0 aliphatic carbocycles. The van der Waals surface area contributed by atoms with Crippen LogP contribution in [0.1, 0.15) is 34.0 Å². The van der Waals surface area contributed by atoms with Crippen LogP contribution < -0.4 is 19.5 Å². The minimum Gasteiger partial charge on any atom is -0.496 e. The van der Waals surface area contributed by atoms with Crippen LogP contribution in [-0.4, -0.2) is 79.8 Å². The molecule has 1 aliphatic rings. The SMILES string of the molecule is COC(=O)C(Cc1ccc(-c2c(OC)cccc2OC)c2c1CCN(C(C)=O)C2)NC(=O)c1c(F)cc(NS(=O)(=O)c2ccc(-n3cncn3)cc2)cc1F. The summed E-state index contributed by atoms with van der Waals surface area (Å²) in [5, 5.41) is 6.36. The van der Waals surface area contributed by atoms with Crippen molar-refractivity contribution >= 4 is 33.5 Å². The molecule has 0 fully saturated rings. The number of methoxy groups -OCH3 is 3. The topological polar surface area (TPSA) is 171 Å². The second kappa shape index (κ2) is 15.9. The lowest BCUT2D eigenvalue weighted by Crippen LogP contribution is -2.44. The molecule has 0 saturated carbocycles. The number of sulfonamides is 1. The number of hydrogen-bond donors (Lipinski definition) is 2. The summed E-state index contributed by atoms with van der Waals surface area (Å²) in [4.78, 5) is 44.3. The lowest BCUT2D eigenvalue weighted by molar-refractivity contribution is -0.142. The van der Waals surface area contributed by atoms with E-state index in [1.807, 2.05) is 0 Å². The first-order valence-corrected chi connectivity index (χ1v) is 18.3. The van der Waals surface area contributed by atoms with Gasteiger partial charge in [0.05, 0.1) is 43.2 Å². The van der Waals surface area contributed by atoms with Crippen molar-refractivity contribution < 1.29 is 45.8 Å². The van der Waals surface area contributed by atoms with E-state index < -0.39 is 50.8 Å². The minimum absolute atomic E-state index is 0.124. The smallest absolute Gasteiger partial charge is 0.328 e. The number of carbonyl (C=O) groups is 3. The van der Waals surface area contributed by atoms with E-state index >= 15 is 8.78 Å². The number of halogens is 2. The summed E-state index contributed by atoms with van der Waals surface area (Å²) in [6, 6.07) is 14.4. The Balaban J connectivity index is 1.27. The molecular weight excluding hydrogens is 739 g/mol. The molecule has 2 N–H and O–H groups in total. The Morgan fingerprint density at radius 2 is 1.60 bits per heavy atom. The van der Waals surface area contributed by atoms with Crippen LogP contribution in [0.15, 0.2) is 84.3 Å². The van der Waals surface area contributed by atoms with Gasteiger partial charge in [-0.1, -0.05) is 18.2 Å².